The Hall–Kier alpha value is -0.570. The number of hydrogen-bond donors (Lipinski definition) is 1. The molecule has 0 amide bonds. The fourth-order valence-corrected chi connectivity index (χ4v) is 0.989. The Bertz CT molecular complexity index is 121. The Morgan fingerprint density at radius 2 is 2.56 bits per heavy atom. The highest BCUT2D eigenvalue weighted by Gasteiger charge is 2.30. The van der Waals surface area contributed by atoms with Crippen LogP contribution in [0.4, 0.5) is 0 Å². The third-order valence-electron chi connectivity index (χ3n) is 1.49. The summed E-state index contributed by atoms with van der Waals surface area (Å²) < 4.78 is 4.77. The minimum Gasteiger partial charge on any atom is -0.462 e. The Balaban J connectivity index is 2.48. The molecule has 0 aromatic carbocycles. The van der Waals surface area contributed by atoms with Crippen LogP contribution in [0.3, 0.4) is 0 Å². The molecule has 9 heavy (non-hydrogen) atoms. The monoisotopic (exact) mass is 130 g/mol. The van der Waals surface area contributed by atoms with Gasteiger partial charge in [-0.2, -0.15) is 0 Å². The lowest BCUT2D eigenvalue weighted by Crippen LogP contribution is -2.11. The van der Waals surface area contributed by atoms with Crippen LogP contribution < -0.4 is 0 Å². The standard InChI is InChI=1S/C6H10O3/c1-4-2-5(3-7)6(8)9-4/h4-5,7H,2-3H2,1H3/t4-,5+/m1/s1. The van der Waals surface area contributed by atoms with Gasteiger partial charge >= 0.3 is 5.97 Å². The predicted octanol–water partition coefficient (Wildman–Crippen LogP) is -0.0697. The molecule has 0 aromatic rings. The van der Waals surface area contributed by atoms with Crippen molar-refractivity contribution in [2.75, 3.05) is 6.61 Å². The quantitative estimate of drug-likeness (QED) is 0.505. The van der Waals surface area contributed by atoms with Gasteiger partial charge in [0.05, 0.1) is 18.6 Å². The molecule has 1 heterocycles. The van der Waals surface area contributed by atoms with Crippen LogP contribution in [0.5, 0.6) is 0 Å². The first-order chi connectivity index (χ1) is 4.24. The van der Waals surface area contributed by atoms with E-state index in [4.69, 9.17) is 9.84 Å². The number of carbonyl (C=O) groups excluding carboxylic acids is 1. The van der Waals surface area contributed by atoms with E-state index in [2.05, 4.69) is 0 Å². The molecule has 0 saturated carbocycles. The van der Waals surface area contributed by atoms with Gasteiger partial charge in [0.2, 0.25) is 0 Å². The minimum absolute atomic E-state index is 0.00495. The molecule has 0 aromatic heterocycles. The van der Waals surface area contributed by atoms with Crippen molar-refractivity contribution in [2.45, 2.75) is 19.4 Å². The van der Waals surface area contributed by atoms with Crippen LogP contribution in [0.25, 0.3) is 0 Å². The number of esters is 1. The largest absolute Gasteiger partial charge is 0.462 e. The van der Waals surface area contributed by atoms with Crippen molar-refractivity contribution in [3.05, 3.63) is 0 Å². The fraction of sp³-hybridized carbons (Fsp3) is 0.833. The molecule has 0 spiro atoms. The van der Waals surface area contributed by atoms with Crippen molar-refractivity contribution in [1.82, 2.24) is 0 Å². The highest BCUT2D eigenvalue weighted by molar-refractivity contribution is 5.74. The molecule has 1 N–H and O–H groups in total. The van der Waals surface area contributed by atoms with E-state index in [0.717, 1.165) is 0 Å². The van der Waals surface area contributed by atoms with Crippen LogP contribution in [-0.2, 0) is 9.53 Å². The lowest BCUT2D eigenvalue weighted by Gasteiger charge is -1.95. The molecule has 3 heteroatoms. The first-order valence-corrected chi connectivity index (χ1v) is 3.05. The van der Waals surface area contributed by atoms with E-state index in [9.17, 15) is 4.79 Å². The third kappa shape index (κ3) is 1.21. The number of rotatable bonds is 1. The van der Waals surface area contributed by atoms with Gasteiger partial charge in [-0.05, 0) is 13.3 Å². The van der Waals surface area contributed by atoms with E-state index < -0.39 is 0 Å². The summed E-state index contributed by atoms with van der Waals surface area (Å²) in [6.45, 7) is 1.75. The van der Waals surface area contributed by atoms with Crippen LogP contribution in [0.2, 0.25) is 0 Å². The zero-order valence-corrected chi connectivity index (χ0v) is 5.33. The van der Waals surface area contributed by atoms with Gasteiger partial charge in [-0.3, -0.25) is 4.79 Å². The second-order valence-corrected chi connectivity index (χ2v) is 2.36. The summed E-state index contributed by atoms with van der Waals surface area (Å²) in [4.78, 5) is 10.6. The highest BCUT2D eigenvalue weighted by Crippen LogP contribution is 2.19. The summed E-state index contributed by atoms with van der Waals surface area (Å²) in [7, 11) is 0. The summed E-state index contributed by atoms with van der Waals surface area (Å²) in [6.07, 6.45) is 0.657. The molecule has 1 aliphatic heterocycles. The van der Waals surface area contributed by atoms with Crippen LogP contribution in [-0.4, -0.2) is 23.8 Å². The average Bonchev–Trinajstić information content (AvgIpc) is 2.10. The van der Waals surface area contributed by atoms with Crippen molar-refractivity contribution >= 4 is 5.97 Å². The number of hydrogen-bond acceptors (Lipinski definition) is 3. The molecule has 1 aliphatic rings. The normalized spacial score (nSPS) is 34.7. The van der Waals surface area contributed by atoms with Gasteiger partial charge in [0, 0.05) is 0 Å². The molecule has 3 nitrogen and oxygen atoms in total. The molecular weight excluding hydrogens is 120 g/mol. The Morgan fingerprint density at radius 3 is 2.78 bits per heavy atom. The molecule has 1 rings (SSSR count). The van der Waals surface area contributed by atoms with Gasteiger partial charge in [0.1, 0.15) is 0 Å². The van der Waals surface area contributed by atoms with Gasteiger partial charge in [-0.1, -0.05) is 0 Å². The topological polar surface area (TPSA) is 46.5 Å². The molecule has 0 unspecified atom stereocenters. The summed E-state index contributed by atoms with van der Waals surface area (Å²) in [5.41, 5.74) is 0. The number of carbonyl (C=O) groups is 1. The van der Waals surface area contributed by atoms with Crippen molar-refractivity contribution in [3.63, 3.8) is 0 Å². The number of ether oxygens (including phenoxy) is 1. The highest BCUT2D eigenvalue weighted by atomic mass is 16.6. The SMILES string of the molecule is C[C@@H]1C[C@@H](CO)C(=O)O1. The summed E-state index contributed by atoms with van der Waals surface area (Å²) in [6, 6.07) is 0. The zero-order chi connectivity index (χ0) is 6.85. The smallest absolute Gasteiger partial charge is 0.311 e. The van der Waals surface area contributed by atoms with E-state index >= 15 is 0 Å². The van der Waals surface area contributed by atoms with E-state index in [-0.39, 0.29) is 24.6 Å². The maximum absolute atomic E-state index is 10.6. The van der Waals surface area contributed by atoms with Crippen molar-refractivity contribution < 1.29 is 14.6 Å². The Morgan fingerprint density at radius 1 is 1.89 bits per heavy atom. The Kier molecular flexibility index (Phi) is 1.71. The van der Waals surface area contributed by atoms with Crippen molar-refractivity contribution in [3.8, 4) is 0 Å². The average molecular weight is 130 g/mol. The van der Waals surface area contributed by atoms with E-state index in [1.165, 1.54) is 0 Å². The number of aliphatic hydroxyl groups is 1. The van der Waals surface area contributed by atoms with Gasteiger partial charge in [0.25, 0.3) is 0 Å². The maximum atomic E-state index is 10.6. The van der Waals surface area contributed by atoms with Crippen LogP contribution in [0.1, 0.15) is 13.3 Å². The van der Waals surface area contributed by atoms with Gasteiger partial charge < -0.3 is 9.84 Å². The summed E-state index contributed by atoms with van der Waals surface area (Å²) in [5, 5.41) is 8.55. The molecule has 52 valence electrons. The van der Waals surface area contributed by atoms with Gasteiger partial charge in [-0.15, -0.1) is 0 Å². The molecule has 0 bridgehead atoms. The second kappa shape index (κ2) is 2.35. The summed E-state index contributed by atoms with van der Waals surface area (Å²) in [5.74, 6) is -0.523. The molecule has 0 aliphatic carbocycles. The van der Waals surface area contributed by atoms with E-state index in [0.29, 0.717) is 6.42 Å². The van der Waals surface area contributed by atoms with Crippen molar-refractivity contribution in [1.29, 1.82) is 0 Å². The minimum atomic E-state index is -0.264. The zero-order valence-electron chi connectivity index (χ0n) is 5.33. The van der Waals surface area contributed by atoms with Crippen LogP contribution in [0.15, 0.2) is 0 Å². The molecule has 0 radical (unpaired) electrons. The second-order valence-electron chi connectivity index (χ2n) is 2.36. The van der Waals surface area contributed by atoms with Crippen LogP contribution in [0, 0.1) is 5.92 Å². The van der Waals surface area contributed by atoms with E-state index in [1.54, 1.807) is 0 Å². The lowest BCUT2D eigenvalue weighted by atomic mass is 10.1. The third-order valence-corrected chi connectivity index (χ3v) is 1.49. The molecule has 2 atom stereocenters. The molecular formula is C6H10O3. The van der Waals surface area contributed by atoms with Gasteiger partial charge in [0.15, 0.2) is 0 Å². The maximum Gasteiger partial charge on any atom is 0.311 e. The van der Waals surface area contributed by atoms with Crippen molar-refractivity contribution in [2.24, 2.45) is 5.92 Å². The Labute approximate surface area is 53.6 Å². The molecule has 1 fully saturated rings. The first kappa shape index (κ1) is 6.55. The van der Waals surface area contributed by atoms with Crippen LogP contribution >= 0.6 is 0 Å². The molecule has 1 saturated heterocycles. The first-order valence-electron chi connectivity index (χ1n) is 3.05. The number of aliphatic hydroxyl groups excluding tert-OH is 1. The lowest BCUT2D eigenvalue weighted by molar-refractivity contribution is -0.144. The number of cyclic esters (lactones) is 1. The fourth-order valence-electron chi connectivity index (χ4n) is 0.989. The predicted molar refractivity (Wildman–Crippen MR) is 30.7 cm³/mol. The summed E-state index contributed by atoms with van der Waals surface area (Å²) >= 11 is 0. The van der Waals surface area contributed by atoms with E-state index in [1.807, 2.05) is 6.92 Å². The van der Waals surface area contributed by atoms with Gasteiger partial charge in [-0.25, -0.2) is 0 Å².